The summed E-state index contributed by atoms with van der Waals surface area (Å²) in [6.45, 7) is 0.101. The number of cyclic esters (lactones) is 1. The molecule has 2 aliphatic heterocycles. The van der Waals surface area contributed by atoms with E-state index >= 15 is 0 Å². The van der Waals surface area contributed by atoms with Crippen LogP contribution in [-0.2, 0) is 11.3 Å². The van der Waals surface area contributed by atoms with Gasteiger partial charge in [0.15, 0.2) is 11.5 Å². The molecule has 0 amide bonds. The molecule has 5 rings (SSSR count). The van der Waals surface area contributed by atoms with Crippen LogP contribution >= 0.6 is 0 Å². The Morgan fingerprint density at radius 1 is 0.929 bits per heavy atom. The van der Waals surface area contributed by atoms with Crippen molar-refractivity contribution in [3.05, 3.63) is 41.5 Å². The number of fused-ring (bicyclic) bond motifs is 4. The summed E-state index contributed by atoms with van der Waals surface area (Å²) in [6, 6.07) is 8.85. The number of benzene rings is 3. The lowest BCUT2D eigenvalue weighted by atomic mass is 9.89. The van der Waals surface area contributed by atoms with Crippen LogP contribution in [0, 0.1) is 0 Å². The lowest BCUT2D eigenvalue weighted by Crippen LogP contribution is -2.11. The van der Waals surface area contributed by atoms with Crippen molar-refractivity contribution in [2.75, 3.05) is 21.0 Å². The number of carbonyl (C=O) groups is 1. The number of aromatic hydroxyl groups is 1. The van der Waals surface area contributed by atoms with E-state index in [4.69, 9.17) is 23.7 Å². The molecule has 0 aliphatic carbocycles. The van der Waals surface area contributed by atoms with Crippen LogP contribution in [0.4, 0.5) is 0 Å². The monoisotopic (exact) mass is 380 g/mol. The second-order valence-corrected chi connectivity index (χ2v) is 6.47. The van der Waals surface area contributed by atoms with Gasteiger partial charge in [-0.05, 0) is 29.7 Å². The number of phenols is 1. The highest BCUT2D eigenvalue weighted by Crippen LogP contribution is 2.49. The van der Waals surface area contributed by atoms with Gasteiger partial charge in [0.05, 0.1) is 19.8 Å². The molecule has 2 aliphatic rings. The Balaban J connectivity index is 1.94. The molecule has 7 heteroatoms. The van der Waals surface area contributed by atoms with Crippen molar-refractivity contribution in [3.8, 4) is 39.9 Å². The minimum atomic E-state index is -0.486. The van der Waals surface area contributed by atoms with E-state index in [1.807, 2.05) is 12.1 Å². The number of carbonyl (C=O) groups excluding carboxylic acids is 1. The number of hydrogen-bond acceptors (Lipinski definition) is 7. The van der Waals surface area contributed by atoms with Crippen LogP contribution in [0.5, 0.6) is 28.7 Å². The Bertz CT molecular complexity index is 1150. The van der Waals surface area contributed by atoms with Crippen molar-refractivity contribution >= 4 is 16.7 Å². The number of ether oxygens (including phenoxy) is 5. The third-order valence-electron chi connectivity index (χ3n) is 5.10. The van der Waals surface area contributed by atoms with Gasteiger partial charge >= 0.3 is 5.97 Å². The molecule has 1 N–H and O–H groups in total. The van der Waals surface area contributed by atoms with Gasteiger partial charge in [-0.1, -0.05) is 0 Å². The summed E-state index contributed by atoms with van der Waals surface area (Å²) >= 11 is 0. The highest BCUT2D eigenvalue weighted by atomic mass is 16.7. The SMILES string of the molecule is COc1cc2c(O)c3c(c(-c4ccc5cc4OCO5)c2cc1OC)C(=O)OC3. The third kappa shape index (κ3) is 2.19. The molecule has 0 saturated carbocycles. The first-order valence-corrected chi connectivity index (χ1v) is 8.63. The van der Waals surface area contributed by atoms with Gasteiger partial charge in [-0.25, -0.2) is 4.79 Å². The zero-order chi connectivity index (χ0) is 19.4. The topological polar surface area (TPSA) is 83.5 Å². The average Bonchev–Trinajstić information content (AvgIpc) is 3.10. The average molecular weight is 380 g/mol. The van der Waals surface area contributed by atoms with Crippen molar-refractivity contribution in [1.82, 2.24) is 0 Å². The van der Waals surface area contributed by atoms with Crippen LogP contribution < -0.4 is 18.9 Å². The van der Waals surface area contributed by atoms with Crippen LogP contribution in [0.25, 0.3) is 21.9 Å². The smallest absolute Gasteiger partial charge is 0.339 e. The van der Waals surface area contributed by atoms with Crippen molar-refractivity contribution < 1.29 is 33.6 Å². The van der Waals surface area contributed by atoms with E-state index in [0.29, 0.717) is 56.0 Å². The van der Waals surface area contributed by atoms with E-state index in [1.165, 1.54) is 14.2 Å². The summed E-state index contributed by atoms with van der Waals surface area (Å²) in [6.07, 6.45) is 0. The number of phenolic OH excluding ortho intramolecular Hbond substituents is 1. The van der Waals surface area contributed by atoms with Crippen LogP contribution in [0.2, 0.25) is 0 Å². The molecule has 2 bridgehead atoms. The van der Waals surface area contributed by atoms with Crippen LogP contribution in [-0.4, -0.2) is 32.1 Å². The summed E-state index contributed by atoms with van der Waals surface area (Å²) in [5.74, 6) is 1.74. The maximum absolute atomic E-state index is 12.6. The Kier molecular flexibility index (Phi) is 3.52. The van der Waals surface area contributed by atoms with Gasteiger partial charge in [0.1, 0.15) is 23.9 Å². The minimum Gasteiger partial charge on any atom is -0.507 e. The highest BCUT2D eigenvalue weighted by molar-refractivity contribution is 6.14. The standard InChI is InChI=1S/C21H16O7/c1-24-16-6-12-13(7-17(16)25-2)20(22)14-8-26-21(23)19(14)18(12)11-4-3-10-5-15(11)28-9-27-10/h3-7,22H,8-9H2,1-2H3. The fraction of sp³-hybridized carbons (Fsp3) is 0.190. The molecule has 0 aromatic heterocycles. The second-order valence-electron chi connectivity index (χ2n) is 6.47. The van der Waals surface area contributed by atoms with Gasteiger partial charge in [-0.2, -0.15) is 0 Å². The van der Waals surface area contributed by atoms with Crippen molar-refractivity contribution in [2.24, 2.45) is 0 Å². The number of rotatable bonds is 3. The van der Waals surface area contributed by atoms with Gasteiger partial charge < -0.3 is 28.8 Å². The van der Waals surface area contributed by atoms with E-state index in [2.05, 4.69) is 0 Å². The molecule has 2 heterocycles. The van der Waals surface area contributed by atoms with E-state index in [0.717, 1.165) is 0 Å². The first-order chi connectivity index (χ1) is 13.6. The number of methoxy groups -OCH3 is 2. The van der Waals surface area contributed by atoms with Crippen molar-refractivity contribution in [2.45, 2.75) is 6.61 Å². The largest absolute Gasteiger partial charge is 0.507 e. The van der Waals surface area contributed by atoms with Gasteiger partial charge in [0.2, 0.25) is 6.79 Å². The van der Waals surface area contributed by atoms with E-state index in [-0.39, 0.29) is 19.1 Å². The third-order valence-corrected chi connectivity index (χ3v) is 5.10. The minimum absolute atomic E-state index is 0.00457. The molecule has 142 valence electrons. The van der Waals surface area contributed by atoms with Crippen molar-refractivity contribution in [1.29, 1.82) is 0 Å². The number of esters is 1. The van der Waals surface area contributed by atoms with Crippen LogP contribution in [0.1, 0.15) is 15.9 Å². The first-order valence-electron chi connectivity index (χ1n) is 8.63. The van der Waals surface area contributed by atoms with Crippen LogP contribution in [0.3, 0.4) is 0 Å². The molecule has 0 saturated heterocycles. The molecule has 7 nitrogen and oxygen atoms in total. The van der Waals surface area contributed by atoms with Gasteiger partial charge in [0.25, 0.3) is 0 Å². The van der Waals surface area contributed by atoms with Gasteiger partial charge in [-0.3, -0.25) is 0 Å². The van der Waals surface area contributed by atoms with Gasteiger partial charge in [0, 0.05) is 28.1 Å². The molecular weight excluding hydrogens is 364 g/mol. The molecule has 0 radical (unpaired) electrons. The molecule has 3 aromatic carbocycles. The Morgan fingerprint density at radius 3 is 2.43 bits per heavy atom. The first kappa shape index (κ1) is 16.6. The van der Waals surface area contributed by atoms with E-state index in [9.17, 15) is 9.90 Å². The molecule has 3 aromatic rings. The predicted octanol–water partition coefficient (Wildman–Crippen LogP) is 3.63. The van der Waals surface area contributed by atoms with E-state index in [1.54, 1.807) is 18.2 Å². The Morgan fingerprint density at radius 2 is 1.68 bits per heavy atom. The predicted molar refractivity (Wildman–Crippen MR) is 99.4 cm³/mol. The molecule has 0 spiro atoms. The summed E-state index contributed by atoms with van der Waals surface area (Å²) < 4.78 is 27.1. The number of hydrogen-bond donors (Lipinski definition) is 1. The maximum Gasteiger partial charge on any atom is 0.339 e. The summed E-state index contributed by atoms with van der Waals surface area (Å²) in [7, 11) is 3.06. The van der Waals surface area contributed by atoms with E-state index < -0.39 is 5.97 Å². The normalized spacial score (nSPS) is 14.1. The fourth-order valence-corrected chi connectivity index (χ4v) is 3.78. The lowest BCUT2D eigenvalue weighted by Gasteiger charge is -2.21. The summed E-state index contributed by atoms with van der Waals surface area (Å²) in [5, 5.41) is 12.0. The molecular formula is C21H16O7. The second kappa shape index (κ2) is 5.95. The highest BCUT2D eigenvalue weighted by Gasteiger charge is 2.33. The van der Waals surface area contributed by atoms with Crippen LogP contribution in [0.15, 0.2) is 30.3 Å². The zero-order valence-electron chi connectivity index (χ0n) is 15.2. The molecule has 0 unspecified atom stereocenters. The van der Waals surface area contributed by atoms with Gasteiger partial charge in [-0.15, -0.1) is 0 Å². The Hall–Kier alpha value is -3.61. The lowest BCUT2D eigenvalue weighted by molar-refractivity contribution is 0.0535. The maximum atomic E-state index is 12.6. The quantitative estimate of drug-likeness (QED) is 0.695. The molecule has 0 atom stereocenters. The summed E-state index contributed by atoms with van der Waals surface area (Å²) in [5.41, 5.74) is 2.11. The van der Waals surface area contributed by atoms with Crippen molar-refractivity contribution in [3.63, 3.8) is 0 Å². The zero-order valence-corrected chi connectivity index (χ0v) is 15.2. The molecule has 28 heavy (non-hydrogen) atoms. The summed E-state index contributed by atoms with van der Waals surface area (Å²) in [4.78, 5) is 12.6. The Labute approximate surface area is 160 Å². The molecule has 0 fully saturated rings. The fourth-order valence-electron chi connectivity index (χ4n) is 3.78.